The van der Waals surface area contributed by atoms with Gasteiger partial charge in [-0.1, -0.05) is 0 Å². The minimum Gasteiger partial charge on any atom is -0.326 e. The van der Waals surface area contributed by atoms with Gasteiger partial charge < -0.3 is 9.42 Å². The molecule has 0 aliphatic heterocycles. The first-order valence-electron chi connectivity index (χ1n) is 3.06. The fraction of sp³-hybridized carbons (Fsp3) is 0.667. The largest absolute Gasteiger partial charge is 0.326 e. The normalized spacial score (nSPS) is 12.4. The molecule has 1 atom stereocenters. The lowest BCUT2D eigenvalue weighted by Gasteiger charge is -1.96. The van der Waals surface area contributed by atoms with Crippen molar-refractivity contribution >= 4 is 8.25 Å². The van der Waals surface area contributed by atoms with Gasteiger partial charge >= 0.3 is 8.25 Å². The van der Waals surface area contributed by atoms with Crippen LogP contribution < -0.4 is 0 Å². The second-order valence-electron chi connectivity index (χ2n) is 1.78. The molecular formula is C6H11O3P. The van der Waals surface area contributed by atoms with Crippen LogP contribution in [0.2, 0.25) is 0 Å². The third kappa shape index (κ3) is 7.71. The molecule has 0 aromatic carbocycles. The predicted molar refractivity (Wildman–Crippen MR) is 39.9 cm³/mol. The minimum absolute atomic E-state index is 0.329. The molecule has 0 bridgehead atoms. The molecule has 0 amide bonds. The van der Waals surface area contributed by atoms with Crippen molar-refractivity contribution < 1.29 is 14.0 Å². The van der Waals surface area contributed by atoms with Gasteiger partial charge in [0.1, 0.15) is 0 Å². The van der Waals surface area contributed by atoms with Crippen LogP contribution in [-0.4, -0.2) is 11.5 Å². The highest BCUT2D eigenvalue weighted by Gasteiger charge is 1.90. The van der Waals surface area contributed by atoms with Crippen molar-refractivity contribution in [3.8, 4) is 12.3 Å². The van der Waals surface area contributed by atoms with Crippen LogP contribution in [0.1, 0.15) is 19.3 Å². The van der Waals surface area contributed by atoms with Crippen LogP contribution in [-0.2, 0) is 9.09 Å². The van der Waals surface area contributed by atoms with Gasteiger partial charge in [-0.2, -0.15) is 0 Å². The maximum Gasteiger partial charge on any atom is 0.316 e. The lowest BCUT2D eigenvalue weighted by Crippen LogP contribution is -1.85. The maximum absolute atomic E-state index is 9.95. The second-order valence-corrected chi connectivity index (χ2v) is 2.60. The molecule has 4 heteroatoms. The van der Waals surface area contributed by atoms with E-state index >= 15 is 0 Å². The molecule has 0 spiro atoms. The van der Waals surface area contributed by atoms with Crippen molar-refractivity contribution in [3.63, 3.8) is 0 Å². The molecule has 0 aromatic rings. The first-order chi connectivity index (χ1) is 4.77. The van der Waals surface area contributed by atoms with Crippen molar-refractivity contribution in [2.24, 2.45) is 0 Å². The third-order valence-corrected chi connectivity index (χ3v) is 1.39. The number of unbranched alkanes of at least 4 members (excludes halogenated alkanes) is 2. The molecule has 1 unspecified atom stereocenters. The Balaban J connectivity index is 2.92. The highest BCUT2D eigenvalue weighted by Crippen LogP contribution is 2.14. The van der Waals surface area contributed by atoms with Gasteiger partial charge in [0, 0.05) is 6.42 Å². The summed E-state index contributed by atoms with van der Waals surface area (Å²) in [5, 5.41) is 0. The summed E-state index contributed by atoms with van der Waals surface area (Å²) in [6.45, 7) is 0.329. The van der Waals surface area contributed by atoms with Gasteiger partial charge in [-0.3, -0.25) is 4.57 Å². The summed E-state index contributed by atoms with van der Waals surface area (Å²) in [5.74, 6) is 2.47. The molecule has 10 heavy (non-hydrogen) atoms. The molecule has 0 radical (unpaired) electrons. The molecule has 0 aromatic heterocycles. The zero-order chi connectivity index (χ0) is 7.82. The smallest absolute Gasteiger partial charge is 0.316 e. The molecule has 58 valence electrons. The number of hydrogen-bond donors (Lipinski definition) is 1. The van der Waals surface area contributed by atoms with E-state index < -0.39 is 8.25 Å². The van der Waals surface area contributed by atoms with E-state index in [4.69, 9.17) is 11.3 Å². The van der Waals surface area contributed by atoms with Crippen LogP contribution in [0.25, 0.3) is 0 Å². The lowest BCUT2D eigenvalue weighted by atomic mass is 10.2. The Morgan fingerprint density at radius 3 is 2.80 bits per heavy atom. The zero-order valence-electron chi connectivity index (χ0n) is 5.67. The third-order valence-electron chi connectivity index (χ3n) is 0.941. The lowest BCUT2D eigenvalue weighted by molar-refractivity contribution is 0.275. The molecule has 0 saturated carbocycles. The van der Waals surface area contributed by atoms with E-state index in [1.165, 1.54) is 0 Å². The van der Waals surface area contributed by atoms with Crippen LogP contribution >= 0.6 is 8.25 Å². The van der Waals surface area contributed by atoms with E-state index in [-0.39, 0.29) is 0 Å². The van der Waals surface area contributed by atoms with Gasteiger partial charge in [-0.25, -0.2) is 0 Å². The first kappa shape index (κ1) is 9.71. The Morgan fingerprint density at radius 2 is 2.30 bits per heavy atom. The molecule has 3 nitrogen and oxygen atoms in total. The molecule has 0 aliphatic carbocycles. The van der Waals surface area contributed by atoms with E-state index in [1.807, 2.05) is 0 Å². The first-order valence-corrected chi connectivity index (χ1v) is 4.33. The average molecular weight is 162 g/mol. The van der Waals surface area contributed by atoms with E-state index in [0.717, 1.165) is 12.8 Å². The Kier molecular flexibility index (Phi) is 6.63. The van der Waals surface area contributed by atoms with Crippen LogP contribution in [0.4, 0.5) is 0 Å². The van der Waals surface area contributed by atoms with Crippen molar-refractivity contribution in [2.75, 3.05) is 6.61 Å². The standard InChI is InChI=1S/C6H11O3P/c1-2-3-4-5-6-9-10(7)8/h1,10H,3-6H2,(H,7,8). The highest BCUT2D eigenvalue weighted by molar-refractivity contribution is 7.32. The van der Waals surface area contributed by atoms with Gasteiger partial charge in [0.2, 0.25) is 0 Å². The highest BCUT2D eigenvalue weighted by atomic mass is 31.1. The number of hydrogen-bond acceptors (Lipinski definition) is 2. The Hall–Kier alpha value is -0.290. The molecule has 0 fully saturated rings. The van der Waals surface area contributed by atoms with Crippen LogP contribution in [0.3, 0.4) is 0 Å². The van der Waals surface area contributed by atoms with E-state index in [1.54, 1.807) is 0 Å². The second kappa shape index (κ2) is 6.82. The van der Waals surface area contributed by atoms with Crippen LogP contribution in [0.15, 0.2) is 0 Å². The topological polar surface area (TPSA) is 46.5 Å². The van der Waals surface area contributed by atoms with Crippen molar-refractivity contribution in [1.82, 2.24) is 0 Å². The van der Waals surface area contributed by atoms with Crippen molar-refractivity contribution in [1.29, 1.82) is 0 Å². The molecule has 0 rings (SSSR count). The summed E-state index contributed by atoms with van der Waals surface area (Å²) in [4.78, 5) is 8.19. The molecule has 1 N–H and O–H groups in total. The minimum atomic E-state index is -2.72. The van der Waals surface area contributed by atoms with Crippen molar-refractivity contribution in [2.45, 2.75) is 19.3 Å². The summed E-state index contributed by atoms with van der Waals surface area (Å²) in [5.41, 5.74) is 0. The van der Waals surface area contributed by atoms with E-state index in [0.29, 0.717) is 13.0 Å². The van der Waals surface area contributed by atoms with Gasteiger partial charge in [-0.05, 0) is 12.8 Å². The Morgan fingerprint density at radius 1 is 1.60 bits per heavy atom. The Labute approximate surface area is 61.3 Å². The van der Waals surface area contributed by atoms with Crippen LogP contribution in [0.5, 0.6) is 0 Å². The molecule has 0 heterocycles. The fourth-order valence-electron chi connectivity index (χ4n) is 0.489. The fourth-order valence-corrected chi connectivity index (χ4v) is 0.808. The predicted octanol–water partition coefficient (Wildman–Crippen LogP) is 1.19. The number of rotatable bonds is 5. The van der Waals surface area contributed by atoms with Crippen LogP contribution in [0, 0.1) is 12.3 Å². The molecule has 0 aliphatic rings. The summed E-state index contributed by atoms with van der Waals surface area (Å²) in [6, 6.07) is 0. The summed E-state index contributed by atoms with van der Waals surface area (Å²) in [7, 11) is -2.72. The zero-order valence-corrected chi connectivity index (χ0v) is 6.67. The Bertz CT molecular complexity index is 138. The average Bonchev–Trinajstić information content (AvgIpc) is 1.87. The van der Waals surface area contributed by atoms with E-state index in [2.05, 4.69) is 10.4 Å². The molecular weight excluding hydrogens is 151 g/mol. The van der Waals surface area contributed by atoms with E-state index in [9.17, 15) is 4.57 Å². The van der Waals surface area contributed by atoms with Crippen molar-refractivity contribution in [3.05, 3.63) is 0 Å². The molecule has 0 saturated heterocycles. The summed E-state index contributed by atoms with van der Waals surface area (Å²) in [6.07, 6.45) is 7.28. The quantitative estimate of drug-likeness (QED) is 0.375. The summed E-state index contributed by atoms with van der Waals surface area (Å²) < 4.78 is 14.4. The number of terminal acetylenes is 1. The monoisotopic (exact) mass is 162 g/mol. The van der Waals surface area contributed by atoms with Gasteiger partial charge in [0.05, 0.1) is 6.61 Å². The van der Waals surface area contributed by atoms with Gasteiger partial charge in [0.25, 0.3) is 0 Å². The van der Waals surface area contributed by atoms with Gasteiger partial charge in [0.15, 0.2) is 0 Å². The summed E-state index contributed by atoms with van der Waals surface area (Å²) >= 11 is 0. The SMILES string of the molecule is C#CCCCCO[PH](=O)O. The maximum atomic E-state index is 9.95. The van der Waals surface area contributed by atoms with Gasteiger partial charge in [-0.15, -0.1) is 12.3 Å².